The largest absolute Gasteiger partial charge is 0.350 e. The SMILES string of the molecule is C[C@H]1CCC2[C@@H](C)C(=O)N(CCC(=O)N(CC=O)CC(=O)NCc3ccccc3)C3O[C@]4(C)CCC1[C@@]23OO4. The highest BCUT2D eigenvalue weighted by Gasteiger charge is 2.70. The van der Waals surface area contributed by atoms with Gasteiger partial charge in [-0.25, -0.2) is 9.78 Å². The molecule has 4 saturated heterocycles. The number of nitrogens with zero attached hydrogens (tertiary/aromatic N) is 2. The van der Waals surface area contributed by atoms with Gasteiger partial charge in [0.1, 0.15) is 6.29 Å². The third-order valence-corrected chi connectivity index (χ3v) is 9.24. The van der Waals surface area contributed by atoms with Crippen molar-refractivity contribution in [3.63, 3.8) is 0 Å². The van der Waals surface area contributed by atoms with Gasteiger partial charge in [0.25, 0.3) is 0 Å². The van der Waals surface area contributed by atoms with Crippen LogP contribution in [-0.2, 0) is 40.2 Å². The fourth-order valence-corrected chi connectivity index (χ4v) is 7.13. The average Bonchev–Trinajstić information content (AvgIpc) is 3.17. The Balaban J connectivity index is 1.29. The zero-order chi connectivity index (χ0) is 27.8. The number of amides is 3. The first-order valence-corrected chi connectivity index (χ1v) is 14.1. The Morgan fingerprint density at radius 1 is 1.13 bits per heavy atom. The van der Waals surface area contributed by atoms with Crippen molar-refractivity contribution in [1.82, 2.24) is 15.1 Å². The maximum Gasteiger partial charge on any atom is 0.239 e. The van der Waals surface area contributed by atoms with Crippen molar-refractivity contribution in [1.29, 1.82) is 0 Å². The molecule has 1 saturated carbocycles. The molecule has 4 aliphatic heterocycles. The summed E-state index contributed by atoms with van der Waals surface area (Å²) in [5.41, 5.74) is 0.145. The van der Waals surface area contributed by atoms with Gasteiger partial charge in [-0.3, -0.25) is 14.4 Å². The number of hydrogen-bond donors (Lipinski definition) is 1. The number of nitrogens with one attached hydrogen (secondary N) is 1. The van der Waals surface area contributed by atoms with Crippen LogP contribution in [0.1, 0.15) is 58.4 Å². The Morgan fingerprint density at radius 3 is 2.64 bits per heavy atom. The topological polar surface area (TPSA) is 114 Å². The molecular formula is C29H39N3O7. The van der Waals surface area contributed by atoms with Crippen LogP contribution in [0.4, 0.5) is 0 Å². The Labute approximate surface area is 229 Å². The molecule has 4 heterocycles. The molecular weight excluding hydrogens is 502 g/mol. The van der Waals surface area contributed by atoms with E-state index in [1.807, 2.05) is 44.2 Å². The quantitative estimate of drug-likeness (QED) is 0.377. The Kier molecular flexibility index (Phi) is 7.81. The van der Waals surface area contributed by atoms with E-state index in [1.165, 1.54) is 4.90 Å². The van der Waals surface area contributed by atoms with Crippen LogP contribution in [0.5, 0.6) is 0 Å². The molecule has 7 atom stereocenters. The van der Waals surface area contributed by atoms with E-state index in [2.05, 4.69) is 12.2 Å². The second kappa shape index (κ2) is 11.0. The maximum absolute atomic E-state index is 13.7. The summed E-state index contributed by atoms with van der Waals surface area (Å²) in [7, 11) is 0. The minimum Gasteiger partial charge on any atom is -0.350 e. The normalized spacial score (nSPS) is 35.1. The third-order valence-electron chi connectivity index (χ3n) is 9.24. The Hall–Kier alpha value is -2.82. The lowest BCUT2D eigenvalue weighted by atomic mass is 9.57. The summed E-state index contributed by atoms with van der Waals surface area (Å²) in [6.45, 7) is 5.97. The van der Waals surface area contributed by atoms with Crippen LogP contribution < -0.4 is 5.32 Å². The van der Waals surface area contributed by atoms with Crippen LogP contribution in [-0.4, -0.2) is 71.1 Å². The highest BCUT2D eigenvalue weighted by Crippen LogP contribution is 2.60. The predicted octanol–water partition coefficient (Wildman–Crippen LogP) is 2.41. The molecule has 1 aromatic carbocycles. The van der Waals surface area contributed by atoms with E-state index in [-0.39, 0.29) is 61.5 Å². The van der Waals surface area contributed by atoms with Gasteiger partial charge in [0.05, 0.1) is 13.1 Å². The van der Waals surface area contributed by atoms with Crippen molar-refractivity contribution in [2.24, 2.45) is 23.7 Å². The predicted molar refractivity (Wildman–Crippen MR) is 139 cm³/mol. The van der Waals surface area contributed by atoms with Gasteiger partial charge in [-0.2, -0.15) is 0 Å². The molecule has 5 aliphatic rings. The Morgan fingerprint density at radius 2 is 1.90 bits per heavy atom. The molecule has 3 amide bonds. The molecule has 10 heteroatoms. The van der Waals surface area contributed by atoms with Crippen molar-refractivity contribution in [2.75, 3.05) is 19.6 Å². The van der Waals surface area contributed by atoms with Crippen LogP contribution in [0.15, 0.2) is 30.3 Å². The highest BCUT2D eigenvalue weighted by atomic mass is 17.3. The first-order valence-electron chi connectivity index (χ1n) is 14.1. The minimum atomic E-state index is -0.971. The molecule has 1 aromatic rings. The fraction of sp³-hybridized carbons (Fsp3) is 0.655. The lowest BCUT2D eigenvalue weighted by Gasteiger charge is -2.61. The van der Waals surface area contributed by atoms with Crippen LogP contribution in [0.25, 0.3) is 0 Å². The molecule has 39 heavy (non-hydrogen) atoms. The third kappa shape index (κ3) is 5.10. The monoisotopic (exact) mass is 541 g/mol. The van der Waals surface area contributed by atoms with E-state index in [4.69, 9.17) is 14.5 Å². The number of fused-ring (bicyclic) bond motifs is 2. The average molecular weight is 542 g/mol. The number of carbonyl (C=O) groups is 4. The van der Waals surface area contributed by atoms with Crippen molar-refractivity contribution in [3.8, 4) is 0 Å². The molecule has 2 bridgehead atoms. The number of aldehydes is 1. The summed E-state index contributed by atoms with van der Waals surface area (Å²) in [4.78, 5) is 65.8. The molecule has 5 fully saturated rings. The minimum absolute atomic E-state index is 0.0364. The number of ether oxygens (including phenoxy) is 1. The molecule has 10 nitrogen and oxygen atoms in total. The molecule has 3 unspecified atom stereocenters. The second-order valence-corrected chi connectivity index (χ2v) is 11.7. The zero-order valence-electron chi connectivity index (χ0n) is 23.0. The standard InChI is InChI=1S/C29H39N3O7/c1-19-9-10-23-20(2)26(36)32(27-29(23)22(19)11-13-28(3,37-27)38-39-29)14-12-25(35)31(15-16-33)18-24(34)30-17-21-7-5-4-6-8-21/h4-8,16,19-20,22-23,27H,9-15,17-18H2,1-3H3,(H,30,34)/t19-,20+,22?,23?,27?,28-,29+/m0/s1. The number of likely N-dealkylation sites (tertiary alicyclic amines) is 1. The molecule has 0 aromatic heterocycles. The van der Waals surface area contributed by atoms with Crippen LogP contribution in [0.3, 0.4) is 0 Å². The van der Waals surface area contributed by atoms with E-state index in [1.54, 1.807) is 4.90 Å². The zero-order valence-corrected chi connectivity index (χ0v) is 23.0. The van der Waals surface area contributed by atoms with Crippen LogP contribution in [0.2, 0.25) is 0 Å². The van der Waals surface area contributed by atoms with Crippen molar-refractivity contribution in [3.05, 3.63) is 35.9 Å². The smallest absolute Gasteiger partial charge is 0.239 e. The van der Waals surface area contributed by atoms with Gasteiger partial charge in [0.15, 0.2) is 11.8 Å². The van der Waals surface area contributed by atoms with Gasteiger partial charge in [0, 0.05) is 37.8 Å². The number of carbonyl (C=O) groups excluding carboxylic acids is 4. The number of rotatable bonds is 9. The Bertz CT molecular complexity index is 1100. The molecule has 1 aliphatic carbocycles. The van der Waals surface area contributed by atoms with E-state index in [9.17, 15) is 19.2 Å². The summed E-state index contributed by atoms with van der Waals surface area (Å²) in [5, 5.41) is 2.79. The fourth-order valence-electron chi connectivity index (χ4n) is 7.13. The maximum atomic E-state index is 13.7. The summed E-state index contributed by atoms with van der Waals surface area (Å²) < 4.78 is 6.50. The molecule has 1 N–H and O–H groups in total. The van der Waals surface area contributed by atoms with Crippen molar-refractivity contribution < 1.29 is 33.7 Å². The van der Waals surface area contributed by atoms with E-state index in [0.29, 0.717) is 25.2 Å². The van der Waals surface area contributed by atoms with Gasteiger partial charge in [0.2, 0.25) is 23.5 Å². The first kappa shape index (κ1) is 27.7. The number of piperidine rings is 1. The van der Waals surface area contributed by atoms with E-state index in [0.717, 1.165) is 24.8 Å². The number of hydrogen-bond acceptors (Lipinski definition) is 7. The lowest BCUT2D eigenvalue weighted by molar-refractivity contribution is -0.547. The van der Waals surface area contributed by atoms with Gasteiger partial charge < -0.3 is 24.6 Å². The summed E-state index contributed by atoms with van der Waals surface area (Å²) in [6.07, 6.45) is 3.30. The lowest BCUT2D eigenvalue weighted by Crippen LogP contribution is -2.75. The molecule has 0 radical (unpaired) electrons. The summed E-state index contributed by atoms with van der Waals surface area (Å²) in [5.74, 6) is -1.58. The van der Waals surface area contributed by atoms with Crippen LogP contribution >= 0.6 is 0 Å². The van der Waals surface area contributed by atoms with Crippen molar-refractivity contribution >= 4 is 24.0 Å². The van der Waals surface area contributed by atoms with E-state index >= 15 is 0 Å². The molecule has 212 valence electrons. The van der Waals surface area contributed by atoms with E-state index < -0.39 is 17.6 Å². The van der Waals surface area contributed by atoms with Crippen LogP contribution in [0, 0.1) is 23.7 Å². The van der Waals surface area contributed by atoms with Gasteiger partial charge >= 0.3 is 0 Å². The second-order valence-electron chi connectivity index (χ2n) is 11.7. The van der Waals surface area contributed by atoms with Gasteiger partial charge in [-0.1, -0.05) is 44.2 Å². The first-order chi connectivity index (χ1) is 18.7. The molecule has 1 spiro atoms. The van der Waals surface area contributed by atoms with Gasteiger partial charge in [-0.15, -0.1) is 0 Å². The highest BCUT2D eigenvalue weighted by molar-refractivity contribution is 5.87. The summed E-state index contributed by atoms with van der Waals surface area (Å²) >= 11 is 0. The van der Waals surface area contributed by atoms with Gasteiger partial charge in [-0.05, 0) is 43.6 Å². The van der Waals surface area contributed by atoms with Crippen molar-refractivity contribution in [2.45, 2.75) is 77.0 Å². The summed E-state index contributed by atoms with van der Waals surface area (Å²) in [6, 6.07) is 9.44. The number of benzene rings is 1. The molecule has 6 rings (SSSR count).